The second kappa shape index (κ2) is 2.58. The van der Waals surface area contributed by atoms with Crippen molar-refractivity contribution in [1.82, 2.24) is 0 Å². The third kappa shape index (κ3) is 1.14. The van der Waals surface area contributed by atoms with E-state index in [0.29, 0.717) is 12.8 Å². The lowest BCUT2D eigenvalue weighted by Gasteiger charge is -2.29. The van der Waals surface area contributed by atoms with Gasteiger partial charge in [0.1, 0.15) is 0 Å². The van der Waals surface area contributed by atoms with Gasteiger partial charge >= 0.3 is 5.97 Å². The number of aliphatic carboxylic acids is 1. The summed E-state index contributed by atoms with van der Waals surface area (Å²) in [5.74, 6) is -1.87. The van der Waals surface area contributed by atoms with E-state index < -0.39 is 23.0 Å². The maximum atomic E-state index is 10.4. The van der Waals surface area contributed by atoms with Gasteiger partial charge in [0.25, 0.3) is 0 Å². The summed E-state index contributed by atoms with van der Waals surface area (Å²) in [6.07, 6.45) is 1.21. The fourth-order valence-electron chi connectivity index (χ4n) is 1.07. The molecule has 56 valence electrons. The molecule has 1 aliphatic rings. The van der Waals surface area contributed by atoms with Crippen LogP contribution in [0, 0.1) is 11.8 Å². The molecule has 1 rings (SSSR count). The van der Waals surface area contributed by atoms with Crippen molar-refractivity contribution in [2.45, 2.75) is 12.8 Å². The van der Waals surface area contributed by atoms with Crippen LogP contribution < -0.4 is 0 Å². The van der Waals surface area contributed by atoms with Gasteiger partial charge in [0.05, 0.1) is 5.92 Å². The Morgan fingerprint density at radius 2 is 1.80 bits per heavy atom. The molecule has 0 amide bonds. The number of hydrogen-bond acceptors (Lipinski definition) is 2. The van der Waals surface area contributed by atoms with Crippen molar-refractivity contribution in [3.05, 3.63) is 0 Å². The average molecular weight is 163 g/mol. The van der Waals surface area contributed by atoms with Crippen LogP contribution in [0.4, 0.5) is 0 Å². The molecule has 10 heavy (non-hydrogen) atoms. The van der Waals surface area contributed by atoms with Crippen LogP contribution in [0.2, 0.25) is 0 Å². The van der Waals surface area contributed by atoms with Crippen LogP contribution in [0.25, 0.3) is 0 Å². The van der Waals surface area contributed by atoms with Gasteiger partial charge in [-0.15, -0.1) is 0 Å². The van der Waals surface area contributed by atoms with Crippen molar-refractivity contribution in [2.24, 2.45) is 11.8 Å². The number of halogens is 1. The van der Waals surface area contributed by atoms with E-state index in [4.69, 9.17) is 16.7 Å². The Morgan fingerprint density at radius 3 is 1.90 bits per heavy atom. The Bertz CT molecular complexity index is 158. The van der Waals surface area contributed by atoms with E-state index in [1.54, 1.807) is 0 Å². The molecule has 0 aromatic rings. The van der Waals surface area contributed by atoms with Gasteiger partial charge in [-0.2, -0.15) is 0 Å². The lowest BCUT2D eigenvalue weighted by atomic mass is 9.74. The highest BCUT2D eigenvalue weighted by atomic mass is 35.5. The molecule has 3 nitrogen and oxygen atoms in total. The molecule has 1 N–H and O–H groups in total. The van der Waals surface area contributed by atoms with Gasteiger partial charge in [-0.25, -0.2) is 0 Å². The van der Waals surface area contributed by atoms with E-state index in [1.165, 1.54) is 0 Å². The van der Waals surface area contributed by atoms with Crippen molar-refractivity contribution >= 4 is 22.8 Å². The van der Waals surface area contributed by atoms with Crippen LogP contribution in [0.5, 0.6) is 0 Å². The molecule has 0 heterocycles. The maximum absolute atomic E-state index is 10.4. The lowest BCUT2D eigenvalue weighted by molar-refractivity contribution is -0.150. The minimum Gasteiger partial charge on any atom is -0.481 e. The third-order valence-corrected chi connectivity index (χ3v) is 2.16. The summed E-state index contributed by atoms with van der Waals surface area (Å²) in [5, 5.41) is 7.93. The van der Waals surface area contributed by atoms with Crippen molar-refractivity contribution < 1.29 is 14.7 Å². The molecule has 0 saturated heterocycles. The van der Waals surface area contributed by atoms with E-state index in [1.807, 2.05) is 0 Å². The van der Waals surface area contributed by atoms with Crippen LogP contribution in [-0.4, -0.2) is 16.3 Å². The first-order valence-electron chi connectivity index (χ1n) is 3.05. The fourth-order valence-corrected chi connectivity index (χ4v) is 1.33. The standard InChI is InChI=1S/C6H7ClO3/c7-5(8)3-1-2-4(3)6(9)10/h3-4H,1-2H2,(H,9,10). The lowest BCUT2D eigenvalue weighted by Crippen LogP contribution is -2.36. The van der Waals surface area contributed by atoms with E-state index >= 15 is 0 Å². The van der Waals surface area contributed by atoms with Crippen molar-refractivity contribution in [1.29, 1.82) is 0 Å². The van der Waals surface area contributed by atoms with Crippen LogP contribution in [0.3, 0.4) is 0 Å². The first kappa shape index (κ1) is 7.54. The van der Waals surface area contributed by atoms with Gasteiger partial charge in [-0.05, 0) is 24.4 Å². The predicted molar refractivity (Wildman–Crippen MR) is 34.7 cm³/mol. The Labute approximate surface area is 63.0 Å². The number of carbonyl (C=O) groups is 2. The van der Waals surface area contributed by atoms with Gasteiger partial charge in [-0.3, -0.25) is 9.59 Å². The Hall–Kier alpha value is -0.570. The van der Waals surface area contributed by atoms with Crippen molar-refractivity contribution in [2.75, 3.05) is 0 Å². The Kier molecular flexibility index (Phi) is 1.94. The SMILES string of the molecule is O=C(O)C1CCC1C(=O)Cl. The molecule has 1 fully saturated rings. The summed E-state index contributed by atoms with van der Waals surface area (Å²) in [4.78, 5) is 20.7. The monoisotopic (exact) mass is 162 g/mol. The van der Waals surface area contributed by atoms with Crippen LogP contribution >= 0.6 is 11.6 Å². The first-order valence-corrected chi connectivity index (χ1v) is 3.43. The molecule has 1 saturated carbocycles. The molecule has 0 aromatic carbocycles. The predicted octanol–water partition coefficient (Wildman–Crippen LogP) is 0.863. The summed E-state index contributed by atoms with van der Waals surface area (Å²) in [6, 6.07) is 0. The van der Waals surface area contributed by atoms with E-state index in [9.17, 15) is 9.59 Å². The fraction of sp³-hybridized carbons (Fsp3) is 0.667. The van der Waals surface area contributed by atoms with E-state index in [0.717, 1.165) is 0 Å². The quantitative estimate of drug-likeness (QED) is 0.613. The number of hydrogen-bond donors (Lipinski definition) is 1. The number of rotatable bonds is 2. The zero-order valence-electron chi connectivity index (χ0n) is 5.21. The minimum atomic E-state index is -0.912. The van der Waals surface area contributed by atoms with Gasteiger partial charge in [0.15, 0.2) is 0 Å². The molecule has 0 aromatic heterocycles. The topological polar surface area (TPSA) is 54.4 Å². The zero-order valence-corrected chi connectivity index (χ0v) is 5.97. The second-order valence-electron chi connectivity index (χ2n) is 2.43. The van der Waals surface area contributed by atoms with Gasteiger partial charge in [0, 0.05) is 5.92 Å². The summed E-state index contributed by atoms with van der Waals surface area (Å²) in [5.41, 5.74) is 0. The average Bonchev–Trinajstić information content (AvgIpc) is 1.56. The van der Waals surface area contributed by atoms with Crippen LogP contribution in [-0.2, 0) is 9.59 Å². The maximum Gasteiger partial charge on any atom is 0.307 e. The number of carbonyl (C=O) groups excluding carboxylic acids is 1. The minimum absolute atomic E-state index is 0.431. The summed E-state index contributed by atoms with van der Waals surface area (Å²) in [6.45, 7) is 0. The smallest absolute Gasteiger partial charge is 0.307 e. The molecule has 0 bridgehead atoms. The summed E-state index contributed by atoms with van der Waals surface area (Å²) >= 11 is 5.12. The first-order chi connectivity index (χ1) is 4.63. The molecule has 0 aliphatic heterocycles. The molecule has 0 radical (unpaired) electrons. The zero-order chi connectivity index (χ0) is 7.72. The van der Waals surface area contributed by atoms with Gasteiger partial charge in [0.2, 0.25) is 5.24 Å². The van der Waals surface area contributed by atoms with E-state index in [2.05, 4.69) is 0 Å². The van der Waals surface area contributed by atoms with Crippen molar-refractivity contribution in [3.8, 4) is 0 Å². The molecule has 0 spiro atoms. The highest BCUT2D eigenvalue weighted by Gasteiger charge is 2.40. The molecule has 2 unspecified atom stereocenters. The molecular weight excluding hydrogens is 156 g/mol. The number of carboxylic acid groups (broad SMARTS) is 1. The molecular formula is C6H7ClO3. The largest absolute Gasteiger partial charge is 0.481 e. The molecule has 4 heteroatoms. The second-order valence-corrected chi connectivity index (χ2v) is 2.81. The Balaban J connectivity index is 2.51. The van der Waals surface area contributed by atoms with Gasteiger partial charge < -0.3 is 5.11 Å². The highest BCUT2D eigenvalue weighted by molar-refractivity contribution is 6.64. The molecule has 2 atom stereocenters. The highest BCUT2D eigenvalue weighted by Crippen LogP contribution is 2.35. The van der Waals surface area contributed by atoms with Crippen LogP contribution in [0.1, 0.15) is 12.8 Å². The van der Waals surface area contributed by atoms with E-state index in [-0.39, 0.29) is 0 Å². The third-order valence-electron chi connectivity index (χ3n) is 1.88. The normalized spacial score (nSPS) is 30.9. The number of carboxylic acids is 1. The Morgan fingerprint density at radius 1 is 1.30 bits per heavy atom. The van der Waals surface area contributed by atoms with Gasteiger partial charge in [-0.1, -0.05) is 0 Å². The summed E-state index contributed by atoms with van der Waals surface area (Å²) < 4.78 is 0. The summed E-state index contributed by atoms with van der Waals surface area (Å²) in [7, 11) is 0. The molecule has 1 aliphatic carbocycles. The van der Waals surface area contributed by atoms with Crippen LogP contribution in [0.15, 0.2) is 0 Å². The van der Waals surface area contributed by atoms with Crippen molar-refractivity contribution in [3.63, 3.8) is 0 Å².